The Hall–Kier alpha value is -0.800. The van der Waals surface area contributed by atoms with Crippen molar-refractivity contribution in [2.24, 2.45) is 5.73 Å². The Morgan fingerprint density at radius 1 is 1.33 bits per heavy atom. The van der Waals surface area contributed by atoms with Crippen LogP contribution in [0.4, 0.5) is 0 Å². The third kappa shape index (κ3) is 4.46. The van der Waals surface area contributed by atoms with Crippen molar-refractivity contribution < 1.29 is 4.42 Å². The molecule has 0 aromatic carbocycles. The highest BCUT2D eigenvalue weighted by Crippen LogP contribution is 2.18. The predicted octanol–water partition coefficient (Wildman–Crippen LogP) is 3.45. The van der Waals surface area contributed by atoms with Crippen molar-refractivity contribution in [1.29, 1.82) is 0 Å². The van der Waals surface area contributed by atoms with E-state index in [1.807, 2.05) is 6.92 Å². The average Bonchev–Trinajstić information content (AvgIpc) is 2.69. The minimum absolute atomic E-state index is 0.484. The van der Waals surface area contributed by atoms with Gasteiger partial charge >= 0.3 is 0 Å². The number of rotatable bonds is 8. The van der Waals surface area contributed by atoms with Crippen LogP contribution in [0, 0.1) is 6.92 Å². The molecular weight excluding hydrogens is 224 g/mol. The number of hydrogen-bond acceptors (Lipinski definition) is 3. The zero-order valence-corrected chi connectivity index (χ0v) is 12.3. The first kappa shape index (κ1) is 15.3. The van der Waals surface area contributed by atoms with Crippen LogP contribution in [0.2, 0.25) is 0 Å². The van der Waals surface area contributed by atoms with Crippen LogP contribution in [0.25, 0.3) is 0 Å². The van der Waals surface area contributed by atoms with Crippen LogP contribution in [0.15, 0.2) is 10.5 Å². The van der Waals surface area contributed by atoms with Crippen LogP contribution in [0.1, 0.15) is 57.1 Å². The van der Waals surface area contributed by atoms with Gasteiger partial charge in [0, 0.05) is 18.2 Å². The van der Waals surface area contributed by atoms with Gasteiger partial charge in [-0.25, -0.2) is 0 Å². The molecule has 0 saturated heterocycles. The molecule has 0 aliphatic rings. The SMILES string of the molecule is CCCCCN(Cc1cc(CN)oc1C)C(C)C. The molecule has 0 aliphatic heterocycles. The van der Waals surface area contributed by atoms with Gasteiger partial charge in [-0.05, 0) is 39.8 Å². The quantitative estimate of drug-likeness (QED) is 0.721. The molecule has 0 atom stereocenters. The Kier molecular flexibility index (Phi) is 6.44. The van der Waals surface area contributed by atoms with Crippen molar-refractivity contribution in [1.82, 2.24) is 4.90 Å². The van der Waals surface area contributed by atoms with Gasteiger partial charge < -0.3 is 10.2 Å². The van der Waals surface area contributed by atoms with Crippen LogP contribution < -0.4 is 5.73 Å². The lowest BCUT2D eigenvalue weighted by Gasteiger charge is -2.26. The van der Waals surface area contributed by atoms with E-state index in [0.29, 0.717) is 12.6 Å². The van der Waals surface area contributed by atoms with Gasteiger partial charge in [-0.15, -0.1) is 0 Å². The van der Waals surface area contributed by atoms with Gasteiger partial charge in [-0.2, -0.15) is 0 Å². The van der Waals surface area contributed by atoms with Crippen LogP contribution in [-0.4, -0.2) is 17.5 Å². The van der Waals surface area contributed by atoms with E-state index in [1.54, 1.807) is 0 Å². The highest BCUT2D eigenvalue weighted by atomic mass is 16.3. The number of hydrogen-bond donors (Lipinski definition) is 1. The Morgan fingerprint density at radius 3 is 2.56 bits per heavy atom. The molecule has 2 N–H and O–H groups in total. The molecule has 3 heteroatoms. The summed E-state index contributed by atoms with van der Waals surface area (Å²) in [5.74, 6) is 1.90. The van der Waals surface area contributed by atoms with Crippen LogP contribution in [-0.2, 0) is 13.1 Å². The smallest absolute Gasteiger partial charge is 0.118 e. The standard InChI is InChI=1S/C15H28N2O/c1-5-6-7-8-17(12(2)3)11-14-9-15(10-16)18-13(14)4/h9,12H,5-8,10-11,16H2,1-4H3. The molecule has 0 amide bonds. The maximum atomic E-state index is 5.62. The summed E-state index contributed by atoms with van der Waals surface area (Å²) in [5, 5.41) is 0. The molecule has 1 aromatic rings. The first-order chi connectivity index (χ1) is 8.58. The Balaban J connectivity index is 2.61. The number of furan rings is 1. The second-order valence-electron chi connectivity index (χ2n) is 5.27. The highest BCUT2D eigenvalue weighted by Gasteiger charge is 2.13. The van der Waals surface area contributed by atoms with Gasteiger partial charge in [0.05, 0.1) is 6.54 Å². The number of nitrogens with zero attached hydrogens (tertiary/aromatic N) is 1. The lowest BCUT2D eigenvalue weighted by molar-refractivity contribution is 0.207. The van der Waals surface area contributed by atoms with Crippen molar-refractivity contribution in [2.45, 2.75) is 66.1 Å². The molecule has 0 spiro atoms. The van der Waals surface area contributed by atoms with Crippen LogP contribution in [0.5, 0.6) is 0 Å². The van der Waals surface area contributed by atoms with E-state index in [1.165, 1.54) is 24.8 Å². The second kappa shape index (κ2) is 7.59. The molecule has 0 unspecified atom stereocenters. The first-order valence-corrected chi connectivity index (χ1v) is 7.10. The number of nitrogens with two attached hydrogens (primary N) is 1. The lowest BCUT2D eigenvalue weighted by atomic mass is 10.1. The normalized spacial score (nSPS) is 11.7. The zero-order chi connectivity index (χ0) is 13.5. The molecule has 1 aromatic heterocycles. The molecule has 104 valence electrons. The third-order valence-corrected chi connectivity index (χ3v) is 3.43. The minimum atomic E-state index is 0.484. The Bertz CT molecular complexity index is 344. The van der Waals surface area contributed by atoms with Gasteiger partial charge in [0.1, 0.15) is 11.5 Å². The third-order valence-electron chi connectivity index (χ3n) is 3.43. The molecule has 0 saturated carbocycles. The largest absolute Gasteiger partial charge is 0.465 e. The fourth-order valence-corrected chi connectivity index (χ4v) is 2.15. The molecule has 1 heterocycles. The van der Waals surface area contributed by atoms with E-state index >= 15 is 0 Å². The molecule has 1 rings (SSSR count). The van der Waals surface area contributed by atoms with Crippen molar-refractivity contribution >= 4 is 0 Å². The van der Waals surface area contributed by atoms with Crippen LogP contribution in [0.3, 0.4) is 0 Å². The number of unbranched alkanes of at least 4 members (excludes halogenated alkanes) is 2. The summed E-state index contributed by atoms with van der Waals surface area (Å²) < 4.78 is 5.62. The fourth-order valence-electron chi connectivity index (χ4n) is 2.15. The van der Waals surface area contributed by atoms with Crippen LogP contribution >= 0.6 is 0 Å². The van der Waals surface area contributed by atoms with E-state index in [4.69, 9.17) is 10.2 Å². The summed E-state index contributed by atoms with van der Waals surface area (Å²) >= 11 is 0. The monoisotopic (exact) mass is 252 g/mol. The molecule has 0 radical (unpaired) electrons. The summed E-state index contributed by atoms with van der Waals surface area (Å²) in [5.41, 5.74) is 6.89. The Labute approximate surface area is 111 Å². The molecule has 0 fully saturated rings. The fraction of sp³-hybridized carbons (Fsp3) is 0.733. The molecular formula is C15H28N2O. The van der Waals surface area contributed by atoms with Gasteiger partial charge in [0.15, 0.2) is 0 Å². The number of aryl methyl sites for hydroxylation is 1. The average molecular weight is 252 g/mol. The minimum Gasteiger partial charge on any atom is -0.465 e. The van der Waals surface area contributed by atoms with Crippen molar-refractivity contribution in [2.75, 3.05) is 6.54 Å². The first-order valence-electron chi connectivity index (χ1n) is 7.10. The van der Waals surface area contributed by atoms with Crippen molar-refractivity contribution in [3.8, 4) is 0 Å². The maximum absolute atomic E-state index is 5.62. The van der Waals surface area contributed by atoms with Crippen molar-refractivity contribution in [3.05, 3.63) is 23.2 Å². The van der Waals surface area contributed by atoms with Gasteiger partial charge in [-0.1, -0.05) is 19.8 Å². The molecule has 3 nitrogen and oxygen atoms in total. The highest BCUT2D eigenvalue weighted by molar-refractivity contribution is 5.20. The van der Waals surface area contributed by atoms with Gasteiger partial charge in [0.2, 0.25) is 0 Å². The van der Waals surface area contributed by atoms with Gasteiger partial charge in [-0.3, -0.25) is 4.90 Å². The molecule has 0 aliphatic carbocycles. The van der Waals surface area contributed by atoms with E-state index in [2.05, 4.69) is 31.7 Å². The lowest BCUT2D eigenvalue weighted by Crippen LogP contribution is -2.31. The van der Waals surface area contributed by atoms with E-state index in [9.17, 15) is 0 Å². The zero-order valence-electron chi connectivity index (χ0n) is 12.3. The molecule has 0 bridgehead atoms. The van der Waals surface area contributed by atoms with E-state index in [0.717, 1.165) is 24.6 Å². The predicted molar refractivity (Wildman–Crippen MR) is 76.4 cm³/mol. The van der Waals surface area contributed by atoms with E-state index in [-0.39, 0.29) is 0 Å². The Morgan fingerprint density at radius 2 is 2.06 bits per heavy atom. The summed E-state index contributed by atoms with van der Waals surface area (Å²) in [7, 11) is 0. The molecule has 18 heavy (non-hydrogen) atoms. The van der Waals surface area contributed by atoms with E-state index < -0.39 is 0 Å². The summed E-state index contributed by atoms with van der Waals surface area (Å²) in [6, 6.07) is 2.67. The van der Waals surface area contributed by atoms with Crippen molar-refractivity contribution in [3.63, 3.8) is 0 Å². The summed E-state index contributed by atoms with van der Waals surface area (Å²) in [4.78, 5) is 2.51. The topological polar surface area (TPSA) is 42.4 Å². The maximum Gasteiger partial charge on any atom is 0.118 e. The van der Waals surface area contributed by atoms with Gasteiger partial charge in [0.25, 0.3) is 0 Å². The summed E-state index contributed by atoms with van der Waals surface area (Å²) in [6.45, 7) is 11.4. The summed E-state index contributed by atoms with van der Waals surface area (Å²) in [6.07, 6.45) is 3.85. The second-order valence-corrected chi connectivity index (χ2v) is 5.27.